The van der Waals surface area contributed by atoms with Crippen molar-refractivity contribution in [2.24, 2.45) is 0 Å². The van der Waals surface area contributed by atoms with Gasteiger partial charge in [0.2, 0.25) is 0 Å². The summed E-state index contributed by atoms with van der Waals surface area (Å²) in [5.74, 6) is -0.299. The number of benzene rings is 2. The third kappa shape index (κ3) is 3.65. The molecule has 2 aromatic rings. The number of amides is 1. The number of nitrogens with zero attached hydrogens (tertiary/aromatic N) is 1. The molecule has 0 bridgehead atoms. The van der Waals surface area contributed by atoms with Crippen LogP contribution in [0, 0.1) is 5.82 Å². The van der Waals surface area contributed by atoms with Gasteiger partial charge in [0.15, 0.2) is 0 Å². The zero-order valence-electron chi connectivity index (χ0n) is 13.6. The first-order valence-corrected chi connectivity index (χ1v) is 8.45. The second-order valence-electron chi connectivity index (χ2n) is 6.27. The van der Waals surface area contributed by atoms with Crippen molar-refractivity contribution in [1.29, 1.82) is 0 Å². The van der Waals surface area contributed by atoms with Crippen molar-refractivity contribution in [3.05, 3.63) is 71.0 Å². The summed E-state index contributed by atoms with van der Waals surface area (Å²) in [7, 11) is 0. The fourth-order valence-corrected chi connectivity index (χ4v) is 3.33. The molecule has 0 aliphatic carbocycles. The van der Waals surface area contributed by atoms with E-state index >= 15 is 0 Å². The summed E-state index contributed by atoms with van der Waals surface area (Å²) in [5.41, 5.74) is 2.25. The lowest BCUT2D eigenvalue weighted by atomic mass is 9.99. The Morgan fingerprint density at radius 2 is 1.92 bits per heavy atom. The minimum Gasteiger partial charge on any atom is -0.392 e. The maximum Gasteiger partial charge on any atom is 0.254 e. The van der Waals surface area contributed by atoms with Gasteiger partial charge in [0.1, 0.15) is 5.82 Å². The van der Waals surface area contributed by atoms with Gasteiger partial charge >= 0.3 is 0 Å². The smallest absolute Gasteiger partial charge is 0.254 e. The third-order valence-electron chi connectivity index (χ3n) is 4.63. The second-order valence-corrected chi connectivity index (χ2v) is 6.27. The van der Waals surface area contributed by atoms with Crippen LogP contribution in [0.4, 0.5) is 4.39 Å². The Kier molecular flexibility index (Phi) is 5.26. The van der Waals surface area contributed by atoms with Crippen LogP contribution in [0.5, 0.6) is 0 Å². The topological polar surface area (TPSA) is 40.5 Å². The van der Waals surface area contributed by atoms with Crippen LogP contribution < -0.4 is 0 Å². The lowest BCUT2D eigenvalue weighted by Gasteiger charge is -2.30. The normalized spacial score (nSPS) is 18.2. The van der Waals surface area contributed by atoms with Crippen LogP contribution in [0.25, 0.3) is 0 Å². The SMILES string of the molecule is O=C(c1ccc(CO)cc1)N1CCCCC[C@@H]1c1cccc(F)c1. The number of carbonyl (C=O) groups is 1. The Balaban J connectivity index is 1.90. The molecule has 1 aliphatic heterocycles. The molecule has 1 heterocycles. The molecule has 1 fully saturated rings. The summed E-state index contributed by atoms with van der Waals surface area (Å²) >= 11 is 0. The monoisotopic (exact) mass is 327 g/mol. The number of halogens is 1. The standard InChI is InChI=1S/C20H22FNO2/c21-18-6-4-5-17(13-18)19-7-2-1-3-12-22(19)20(24)16-10-8-15(14-23)9-11-16/h4-6,8-11,13,19,23H,1-3,7,12,14H2/t19-/m1/s1. The predicted molar refractivity (Wildman–Crippen MR) is 91.0 cm³/mol. The largest absolute Gasteiger partial charge is 0.392 e. The first kappa shape index (κ1) is 16.7. The number of hydrogen-bond donors (Lipinski definition) is 1. The van der Waals surface area contributed by atoms with Crippen LogP contribution >= 0.6 is 0 Å². The van der Waals surface area contributed by atoms with Gasteiger partial charge in [-0.3, -0.25) is 4.79 Å². The zero-order valence-corrected chi connectivity index (χ0v) is 13.6. The Bertz CT molecular complexity index is 699. The van der Waals surface area contributed by atoms with E-state index < -0.39 is 0 Å². The highest BCUT2D eigenvalue weighted by Crippen LogP contribution is 2.31. The summed E-state index contributed by atoms with van der Waals surface area (Å²) in [6, 6.07) is 13.5. The highest BCUT2D eigenvalue weighted by Gasteiger charge is 2.27. The average Bonchev–Trinajstić information content (AvgIpc) is 2.87. The van der Waals surface area contributed by atoms with Crippen molar-refractivity contribution < 1.29 is 14.3 Å². The van der Waals surface area contributed by atoms with Crippen LogP contribution in [0.1, 0.15) is 53.2 Å². The van der Waals surface area contributed by atoms with Gasteiger partial charge in [-0.2, -0.15) is 0 Å². The van der Waals surface area contributed by atoms with Crippen LogP contribution in [-0.4, -0.2) is 22.5 Å². The highest BCUT2D eigenvalue weighted by atomic mass is 19.1. The quantitative estimate of drug-likeness (QED) is 0.923. The fraction of sp³-hybridized carbons (Fsp3) is 0.350. The third-order valence-corrected chi connectivity index (χ3v) is 4.63. The van der Waals surface area contributed by atoms with Crippen molar-refractivity contribution in [1.82, 2.24) is 4.90 Å². The molecular formula is C20H22FNO2. The van der Waals surface area contributed by atoms with Crippen molar-refractivity contribution in [3.63, 3.8) is 0 Å². The van der Waals surface area contributed by atoms with E-state index in [1.807, 2.05) is 11.0 Å². The van der Waals surface area contributed by atoms with E-state index in [1.165, 1.54) is 12.1 Å². The Morgan fingerprint density at radius 1 is 1.12 bits per heavy atom. The number of aliphatic hydroxyl groups excluding tert-OH is 1. The molecule has 4 heteroatoms. The molecule has 1 amide bonds. The van der Waals surface area contributed by atoms with E-state index in [1.54, 1.807) is 30.3 Å². The Hall–Kier alpha value is -2.20. The first-order chi connectivity index (χ1) is 11.7. The van der Waals surface area contributed by atoms with Gasteiger partial charge in [0.25, 0.3) is 5.91 Å². The van der Waals surface area contributed by atoms with Gasteiger partial charge in [-0.15, -0.1) is 0 Å². The predicted octanol–water partition coefficient (Wildman–Crippen LogP) is 4.08. The molecule has 0 spiro atoms. The Labute approximate surface area is 141 Å². The number of carbonyl (C=O) groups excluding carboxylic acids is 1. The second kappa shape index (κ2) is 7.58. The molecule has 2 aromatic carbocycles. The molecular weight excluding hydrogens is 305 g/mol. The van der Waals surface area contributed by atoms with Crippen LogP contribution in [0.2, 0.25) is 0 Å². The van der Waals surface area contributed by atoms with E-state index in [2.05, 4.69) is 0 Å². The summed E-state index contributed by atoms with van der Waals surface area (Å²) in [6.45, 7) is 0.645. The van der Waals surface area contributed by atoms with Gasteiger partial charge in [-0.1, -0.05) is 37.1 Å². The number of aliphatic hydroxyl groups is 1. The lowest BCUT2D eigenvalue weighted by molar-refractivity contribution is 0.0680. The summed E-state index contributed by atoms with van der Waals surface area (Å²) < 4.78 is 13.6. The minimum atomic E-state index is -0.267. The average molecular weight is 327 g/mol. The van der Waals surface area contributed by atoms with Gasteiger partial charge in [-0.25, -0.2) is 4.39 Å². The summed E-state index contributed by atoms with van der Waals surface area (Å²) in [4.78, 5) is 14.9. The van der Waals surface area contributed by atoms with E-state index in [9.17, 15) is 9.18 Å². The molecule has 126 valence electrons. The molecule has 3 rings (SSSR count). The Morgan fingerprint density at radius 3 is 2.62 bits per heavy atom. The molecule has 1 N–H and O–H groups in total. The number of hydrogen-bond acceptors (Lipinski definition) is 2. The van der Waals surface area contributed by atoms with Gasteiger partial charge in [0, 0.05) is 12.1 Å². The molecule has 1 saturated heterocycles. The highest BCUT2D eigenvalue weighted by molar-refractivity contribution is 5.94. The first-order valence-electron chi connectivity index (χ1n) is 8.45. The maximum atomic E-state index is 13.6. The molecule has 1 atom stereocenters. The molecule has 0 aromatic heterocycles. The van der Waals surface area contributed by atoms with Crippen LogP contribution in [0.15, 0.2) is 48.5 Å². The molecule has 0 radical (unpaired) electrons. The van der Waals surface area contributed by atoms with Gasteiger partial charge in [0.05, 0.1) is 12.6 Å². The summed E-state index contributed by atoms with van der Waals surface area (Å²) in [5, 5.41) is 9.14. The number of likely N-dealkylation sites (tertiary alicyclic amines) is 1. The van der Waals surface area contributed by atoms with Crippen LogP contribution in [0.3, 0.4) is 0 Å². The van der Waals surface area contributed by atoms with Gasteiger partial charge < -0.3 is 10.0 Å². The molecule has 0 saturated carbocycles. The zero-order chi connectivity index (χ0) is 16.9. The van der Waals surface area contributed by atoms with Crippen molar-refractivity contribution in [2.45, 2.75) is 38.3 Å². The number of rotatable bonds is 3. The van der Waals surface area contributed by atoms with E-state index in [0.29, 0.717) is 12.1 Å². The summed E-state index contributed by atoms with van der Waals surface area (Å²) in [6.07, 6.45) is 3.93. The van der Waals surface area contributed by atoms with Crippen molar-refractivity contribution in [2.75, 3.05) is 6.54 Å². The minimum absolute atomic E-state index is 0.0318. The molecule has 24 heavy (non-hydrogen) atoms. The van der Waals surface area contributed by atoms with Crippen molar-refractivity contribution in [3.8, 4) is 0 Å². The van der Waals surface area contributed by atoms with E-state index in [0.717, 1.165) is 36.8 Å². The fourth-order valence-electron chi connectivity index (χ4n) is 3.33. The molecule has 3 nitrogen and oxygen atoms in total. The molecule has 1 aliphatic rings. The van der Waals surface area contributed by atoms with Crippen molar-refractivity contribution >= 4 is 5.91 Å². The van der Waals surface area contributed by atoms with E-state index in [4.69, 9.17) is 5.11 Å². The molecule has 0 unspecified atom stereocenters. The maximum absolute atomic E-state index is 13.6. The lowest BCUT2D eigenvalue weighted by Crippen LogP contribution is -2.34. The van der Waals surface area contributed by atoms with E-state index in [-0.39, 0.29) is 24.4 Å². The van der Waals surface area contributed by atoms with Gasteiger partial charge in [-0.05, 0) is 48.2 Å². The van der Waals surface area contributed by atoms with Crippen LogP contribution in [-0.2, 0) is 6.61 Å².